The van der Waals surface area contributed by atoms with Gasteiger partial charge in [0.1, 0.15) is 11.4 Å². The van der Waals surface area contributed by atoms with E-state index in [0.29, 0.717) is 11.5 Å². The second-order valence-electron chi connectivity index (χ2n) is 7.52. The first-order chi connectivity index (χ1) is 9.93. The fourth-order valence-corrected chi connectivity index (χ4v) is 4.40. The van der Waals surface area contributed by atoms with E-state index >= 15 is 0 Å². The van der Waals surface area contributed by atoms with Gasteiger partial charge in [-0.25, -0.2) is 0 Å². The molecule has 1 aliphatic carbocycles. The van der Waals surface area contributed by atoms with E-state index in [4.69, 9.17) is 4.74 Å². The first-order valence-electron chi connectivity index (χ1n) is 8.15. The van der Waals surface area contributed by atoms with Gasteiger partial charge < -0.3 is 10.1 Å². The molecular formula is C18H26BrNO. The molecule has 21 heavy (non-hydrogen) atoms. The van der Waals surface area contributed by atoms with Gasteiger partial charge in [0.25, 0.3) is 0 Å². The number of nitrogens with one attached hydrogen (secondary N) is 1. The Morgan fingerprint density at radius 3 is 2.81 bits per heavy atom. The van der Waals surface area contributed by atoms with Gasteiger partial charge in [0.05, 0.1) is 0 Å². The summed E-state index contributed by atoms with van der Waals surface area (Å²) in [5.74, 6) is 1.08. The molecule has 1 aromatic rings. The molecule has 0 bridgehead atoms. The van der Waals surface area contributed by atoms with Gasteiger partial charge in [-0.1, -0.05) is 36.7 Å². The van der Waals surface area contributed by atoms with Gasteiger partial charge in [-0.2, -0.15) is 0 Å². The summed E-state index contributed by atoms with van der Waals surface area (Å²) in [4.78, 5) is 0. The molecule has 1 heterocycles. The van der Waals surface area contributed by atoms with Crippen LogP contribution in [0.4, 0.5) is 0 Å². The van der Waals surface area contributed by atoms with Crippen LogP contribution >= 0.6 is 15.9 Å². The summed E-state index contributed by atoms with van der Waals surface area (Å²) < 4.78 is 7.66. The minimum atomic E-state index is 0.0374. The third-order valence-corrected chi connectivity index (χ3v) is 5.44. The Hall–Kier alpha value is -0.540. The lowest BCUT2D eigenvalue weighted by Gasteiger charge is -2.41. The van der Waals surface area contributed by atoms with Gasteiger partial charge in [0, 0.05) is 22.5 Å². The minimum absolute atomic E-state index is 0.0374. The molecule has 2 nitrogen and oxygen atoms in total. The number of hydrogen-bond donors (Lipinski definition) is 1. The van der Waals surface area contributed by atoms with Gasteiger partial charge in [-0.15, -0.1) is 0 Å². The largest absolute Gasteiger partial charge is 0.487 e. The highest BCUT2D eigenvalue weighted by Crippen LogP contribution is 2.53. The molecular weight excluding hydrogens is 326 g/mol. The SMILES string of the molecule is CCCNC1CC2(CCC(C)(C)C2)Oc2ccc(Br)cc21. The lowest BCUT2D eigenvalue weighted by molar-refractivity contribution is 0.0277. The smallest absolute Gasteiger partial charge is 0.125 e. The summed E-state index contributed by atoms with van der Waals surface area (Å²) in [5.41, 5.74) is 1.76. The van der Waals surface area contributed by atoms with Gasteiger partial charge in [-0.3, -0.25) is 0 Å². The van der Waals surface area contributed by atoms with E-state index in [9.17, 15) is 0 Å². The summed E-state index contributed by atoms with van der Waals surface area (Å²) in [6.07, 6.45) is 5.87. The number of hydrogen-bond acceptors (Lipinski definition) is 2. The number of halogens is 1. The van der Waals surface area contributed by atoms with Crippen LogP contribution in [-0.4, -0.2) is 12.1 Å². The van der Waals surface area contributed by atoms with Crippen molar-refractivity contribution < 1.29 is 4.74 Å². The van der Waals surface area contributed by atoms with Crippen LogP contribution in [-0.2, 0) is 0 Å². The van der Waals surface area contributed by atoms with Crippen molar-refractivity contribution in [3.8, 4) is 5.75 Å². The molecule has 1 aliphatic heterocycles. The zero-order valence-electron chi connectivity index (χ0n) is 13.3. The normalized spacial score (nSPS) is 30.2. The first-order valence-corrected chi connectivity index (χ1v) is 8.94. The van der Waals surface area contributed by atoms with E-state index in [1.807, 2.05) is 0 Å². The average molecular weight is 352 g/mol. The van der Waals surface area contributed by atoms with E-state index < -0.39 is 0 Å². The molecule has 1 aromatic carbocycles. The van der Waals surface area contributed by atoms with Crippen LogP contribution in [0.2, 0.25) is 0 Å². The lowest BCUT2D eigenvalue weighted by Crippen LogP contribution is -2.43. The Morgan fingerprint density at radius 1 is 1.33 bits per heavy atom. The summed E-state index contributed by atoms with van der Waals surface area (Å²) >= 11 is 3.60. The number of rotatable bonds is 3. The van der Waals surface area contributed by atoms with Crippen LogP contribution in [0.3, 0.4) is 0 Å². The molecule has 1 fully saturated rings. The van der Waals surface area contributed by atoms with Gasteiger partial charge in [0.15, 0.2) is 0 Å². The van der Waals surface area contributed by atoms with E-state index in [1.165, 1.54) is 31.2 Å². The molecule has 2 atom stereocenters. The third kappa shape index (κ3) is 3.14. The Bertz CT molecular complexity index is 528. The van der Waals surface area contributed by atoms with Crippen molar-refractivity contribution in [1.29, 1.82) is 0 Å². The van der Waals surface area contributed by atoms with Crippen LogP contribution in [0, 0.1) is 5.41 Å². The predicted octanol–water partition coefficient (Wildman–Crippen LogP) is 5.22. The maximum Gasteiger partial charge on any atom is 0.125 e. The van der Waals surface area contributed by atoms with E-state index in [2.05, 4.69) is 60.2 Å². The molecule has 0 aromatic heterocycles. The Morgan fingerprint density at radius 2 is 2.14 bits per heavy atom. The van der Waals surface area contributed by atoms with Crippen molar-refractivity contribution in [3.63, 3.8) is 0 Å². The lowest BCUT2D eigenvalue weighted by atomic mass is 9.82. The molecule has 3 heteroatoms. The predicted molar refractivity (Wildman–Crippen MR) is 90.8 cm³/mol. The van der Waals surface area contributed by atoms with Gasteiger partial charge >= 0.3 is 0 Å². The van der Waals surface area contributed by atoms with E-state index in [-0.39, 0.29) is 5.60 Å². The van der Waals surface area contributed by atoms with Gasteiger partial charge in [0.2, 0.25) is 0 Å². The monoisotopic (exact) mass is 351 g/mol. The van der Waals surface area contributed by atoms with Crippen molar-refractivity contribution in [2.45, 2.75) is 64.5 Å². The first kappa shape index (κ1) is 15.4. The van der Waals surface area contributed by atoms with E-state index in [0.717, 1.165) is 23.2 Å². The quantitative estimate of drug-likeness (QED) is 0.805. The zero-order valence-corrected chi connectivity index (χ0v) is 14.9. The summed E-state index contributed by atoms with van der Waals surface area (Å²) in [5, 5.41) is 3.73. The summed E-state index contributed by atoms with van der Waals surface area (Å²) in [6.45, 7) is 8.03. The average Bonchev–Trinajstić information content (AvgIpc) is 2.72. The molecule has 116 valence electrons. The summed E-state index contributed by atoms with van der Waals surface area (Å²) in [6, 6.07) is 6.86. The van der Waals surface area contributed by atoms with Crippen LogP contribution in [0.5, 0.6) is 5.75 Å². The number of ether oxygens (including phenoxy) is 1. The zero-order chi connectivity index (χ0) is 15.1. The fraction of sp³-hybridized carbons (Fsp3) is 0.667. The maximum absolute atomic E-state index is 6.52. The molecule has 0 amide bonds. The maximum atomic E-state index is 6.52. The van der Waals surface area contributed by atoms with Crippen LogP contribution in [0.15, 0.2) is 22.7 Å². The van der Waals surface area contributed by atoms with Crippen molar-refractivity contribution in [2.75, 3.05) is 6.54 Å². The molecule has 2 unspecified atom stereocenters. The molecule has 1 spiro atoms. The highest BCUT2D eigenvalue weighted by atomic mass is 79.9. The summed E-state index contributed by atoms with van der Waals surface area (Å²) in [7, 11) is 0. The molecule has 0 radical (unpaired) electrons. The van der Waals surface area contributed by atoms with Gasteiger partial charge in [-0.05, 0) is 55.8 Å². The topological polar surface area (TPSA) is 21.3 Å². The molecule has 1 N–H and O–H groups in total. The second kappa shape index (κ2) is 5.58. The van der Waals surface area contributed by atoms with Crippen LogP contribution in [0.25, 0.3) is 0 Å². The molecule has 2 aliphatic rings. The van der Waals surface area contributed by atoms with Crippen molar-refractivity contribution >= 4 is 15.9 Å². The number of benzene rings is 1. The Kier molecular flexibility index (Phi) is 4.08. The fourth-order valence-electron chi connectivity index (χ4n) is 4.02. The van der Waals surface area contributed by atoms with E-state index in [1.54, 1.807) is 0 Å². The highest BCUT2D eigenvalue weighted by Gasteiger charge is 2.49. The standard InChI is InChI=1S/C18H26BrNO/c1-4-9-20-15-11-18(8-7-17(2,3)12-18)21-16-6-5-13(19)10-14(15)16/h5-6,10,15,20H,4,7-9,11-12H2,1-3H3. The third-order valence-electron chi connectivity index (χ3n) is 4.95. The van der Waals surface area contributed by atoms with Crippen LogP contribution < -0.4 is 10.1 Å². The minimum Gasteiger partial charge on any atom is -0.487 e. The molecule has 3 rings (SSSR count). The molecule has 1 saturated carbocycles. The van der Waals surface area contributed by atoms with Crippen molar-refractivity contribution in [2.24, 2.45) is 5.41 Å². The van der Waals surface area contributed by atoms with Crippen LogP contribution in [0.1, 0.15) is 64.5 Å². The Labute approximate surface area is 136 Å². The van der Waals surface area contributed by atoms with Crippen molar-refractivity contribution in [1.82, 2.24) is 5.32 Å². The molecule has 0 saturated heterocycles. The second-order valence-corrected chi connectivity index (χ2v) is 8.43. The van der Waals surface area contributed by atoms with Crippen molar-refractivity contribution in [3.05, 3.63) is 28.2 Å². The highest BCUT2D eigenvalue weighted by molar-refractivity contribution is 9.10. The Balaban J connectivity index is 1.91. The number of fused-ring (bicyclic) bond motifs is 1.